The molecule has 1 saturated heterocycles. The van der Waals surface area contributed by atoms with Crippen molar-refractivity contribution < 1.29 is 4.74 Å². The number of likely N-dealkylation sites (tertiary alicyclic amines) is 1. The molecule has 4 heteroatoms. The van der Waals surface area contributed by atoms with Crippen molar-refractivity contribution in [3.05, 3.63) is 28.8 Å². The van der Waals surface area contributed by atoms with Crippen molar-refractivity contribution in [3.63, 3.8) is 0 Å². The second kappa shape index (κ2) is 6.60. The first-order chi connectivity index (χ1) is 9.10. The molecule has 1 aliphatic rings. The maximum absolute atomic E-state index is 6.14. The van der Waals surface area contributed by atoms with Gasteiger partial charge in [0.15, 0.2) is 0 Å². The summed E-state index contributed by atoms with van der Waals surface area (Å²) in [5.41, 5.74) is 1.21. The van der Waals surface area contributed by atoms with E-state index in [0.717, 1.165) is 12.3 Å². The molecule has 0 bridgehead atoms. The zero-order chi connectivity index (χ0) is 13.8. The van der Waals surface area contributed by atoms with Crippen LogP contribution in [-0.2, 0) is 6.54 Å². The maximum atomic E-state index is 6.14. The summed E-state index contributed by atoms with van der Waals surface area (Å²) >= 11 is 6.14. The number of ether oxygens (including phenoxy) is 1. The standard InChI is InChI=1S/C15H23ClN2O/c1-11-10-18(2)7-6-14(11)17-9-12-4-5-15(19-3)13(16)8-12/h4-5,8,11,14,17H,6-7,9-10H2,1-3H3. The first-order valence-corrected chi connectivity index (χ1v) is 7.22. The van der Waals surface area contributed by atoms with E-state index in [-0.39, 0.29) is 0 Å². The third-order valence-electron chi connectivity index (χ3n) is 3.89. The lowest BCUT2D eigenvalue weighted by molar-refractivity contribution is 0.174. The van der Waals surface area contributed by atoms with Gasteiger partial charge in [-0.2, -0.15) is 0 Å². The minimum Gasteiger partial charge on any atom is -0.495 e. The second-order valence-electron chi connectivity index (χ2n) is 5.48. The third kappa shape index (κ3) is 3.85. The molecule has 3 nitrogen and oxygen atoms in total. The Morgan fingerprint density at radius 1 is 1.47 bits per heavy atom. The number of rotatable bonds is 4. The molecule has 1 heterocycles. The van der Waals surface area contributed by atoms with E-state index in [1.807, 2.05) is 12.1 Å². The van der Waals surface area contributed by atoms with Crippen LogP contribution in [0.2, 0.25) is 5.02 Å². The maximum Gasteiger partial charge on any atom is 0.137 e. The minimum absolute atomic E-state index is 0.595. The van der Waals surface area contributed by atoms with Gasteiger partial charge in [-0.05, 0) is 43.6 Å². The summed E-state index contributed by atoms with van der Waals surface area (Å²) in [5, 5.41) is 4.33. The van der Waals surface area contributed by atoms with Gasteiger partial charge in [-0.25, -0.2) is 0 Å². The first-order valence-electron chi connectivity index (χ1n) is 6.84. The Bertz CT molecular complexity index is 425. The van der Waals surface area contributed by atoms with Gasteiger partial charge in [0.2, 0.25) is 0 Å². The van der Waals surface area contributed by atoms with Crippen molar-refractivity contribution in [1.29, 1.82) is 0 Å². The number of nitrogens with one attached hydrogen (secondary N) is 1. The van der Waals surface area contributed by atoms with Gasteiger partial charge in [0.05, 0.1) is 12.1 Å². The van der Waals surface area contributed by atoms with Crippen LogP contribution in [0.1, 0.15) is 18.9 Å². The Labute approximate surface area is 120 Å². The van der Waals surface area contributed by atoms with Crippen LogP contribution in [0.15, 0.2) is 18.2 Å². The van der Waals surface area contributed by atoms with E-state index in [2.05, 4.69) is 30.3 Å². The average molecular weight is 283 g/mol. The topological polar surface area (TPSA) is 24.5 Å². The number of halogens is 1. The average Bonchev–Trinajstić information content (AvgIpc) is 2.38. The van der Waals surface area contributed by atoms with Crippen LogP contribution in [-0.4, -0.2) is 38.2 Å². The summed E-state index contributed by atoms with van der Waals surface area (Å²) in [6.07, 6.45) is 1.21. The van der Waals surface area contributed by atoms with Gasteiger partial charge in [0, 0.05) is 19.1 Å². The fourth-order valence-electron chi connectivity index (χ4n) is 2.73. The normalized spacial score (nSPS) is 24.4. The number of hydrogen-bond donors (Lipinski definition) is 1. The summed E-state index contributed by atoms with van der Waals surface area (Å²) in [6, 6.07) is 6.57. The molecule has 0 aromatic heterocycles. The Balaban J connectivity index is 1.90. The zero-order valence-corrected chi connectivity index (χ0v) is 12.7. The van der Waals surface area contributed by atoms with E-state index in [4.69, 9.17) is 16.3 Å². The predicted octanol–water partition coefficient (Wildman–Crippen LogP) is 2.78. The van der Waals surface area contributed by atoms with Gasteiger partial charge >= 0.3 is 0 Å². The van der Waals surface area contributed by atoms with Crippen molar-refractivity contribution >= 4 is 11.6 Å². The van der Waals surface area contributed by atoms with Crippen molar-refractivity contribution in [1.82, 2.24) is 10.2 Å². The lowest BCUT2D eigenvalue weighted by Gasteiger charge is -2.35. The van der Waals surface area contributed by atoms with Crippen molar-refractivity contribution in [2.24, 2.45) is 5.92 Å². The molecule has 1 N–H and O–H groups in total. The van der Waals surface area contributed by atoms with E-state index in [1.165, 1.54) is 25.1 Å². The van der Waals surface area contributed by atoms with Crippen LogP contribution < -0.4 is 10.1 Å². The van der Waals surface area contributed by atoms with Gasteiger partial charge in [-0.3, -0.25) is 0 Å². The quantitative estimate of drug-likeness (QED) is 0.919. The SMILES string of the molecule is COc1ccc(CNC2CCN(C)CC2C)cc1Cl. The third-order valence-corrected chi connectivity index (χ3v) is 4.19. The molecule has 1 aromatic rings. The zero-order valence-electron chi connectivity index (χ0n) is 11.9. The molecule has 2 unspecified atom stereocenters. The highest BCUT2D eigenvalue weighted by atomic mass is 35.5. The smallest absolute Gasteiger partial charge is 0.137 e. The molecular weight excluding hydrogens is 260 g/mol. The minimum atomic E-state index is 0.595. The number of piperidine rings is 1. The van der Waals surface area contributed by atoms with Crippen LogP contribution in [0.4, 0.5) is 0 Å². The summed E-state index contributed by atoms with van der Waals surface area (Å²) in [7, 11) is 3.83. The summed E-state index contributed by atoms with van der Waals surface area (Å²) in [5.74, 6) is 1.42. The molecule has 0 spiro atoms. The molecule has 1 aliphatic heterocycles. The van der Waals surface area contributed by atoms with Crippen LogP contribution in [0.3, 0.4) is 0 Å². The Hall–Kier alpha value is -0.770. The van der Waals surface area contributed by atoms with Crippen molar-refractivity contribution in [2.75, 3.05) is 27.2 Å². The molecule has 0 saturated carbocycles. The van der Waals surface area contributed by atoms with Crippen LogP contribution in [0.25, 0.3) is 0 Å². The highest BCUT2D eigenvalue weighted by molar-refractivity contribution is 6.32. The molecule has 1 fully saturated rings. The van der Waals surface area contributed by atoms with E-state index >= 15 is 0 Å². The van der Waals surface area contributed by atoms with Crippen LogP contribution >= 0.6 is 11.6 Å². The lowest BCUT2D eigenvalue weighted by atomic mass is 9.94. The Morgan fingerprint density at radius 2 is 2.26 bits per heavy atom. The van der Waals surface area contributed by atoms with Gasteiger partial charge < -0.3 is 15.0 Å². The van der Waals surface area contributed by atoms with Crippen LogP contribution in [0.5, 0.6) is 5.75 Å². The molecule has 0 amide bonds. The van der Waals surface area contributed by atoms with Gasteiger partial charge in [-0.15, -0.1) is 0 Å². The summed E-state index contributed by atoms with van der Waals surface area (Å²) in [4.78, 5) is 2.40. The van der Waals surface area contributed by atoms with E-state index in [1.54, 1.807) is 7.11 Å². The monoisotopic (exact) mass is 282 g/mol. The van der Waals surface area contributed by atoms with E-state index in [0.29, 0.717) is 17.0 Å². The molecule has 2 atom stereocenters. The Kier molecular flexibility index (Phi) is 5.08. The fraction of sp³-hybridized carbons (Fsp3) is 0.600. The first kappa shape index (κ1) is 14.6. The molecular formula is C15H23ClN2O. The van der Waals surface area contributed by atoms with E-state index in [9.17, 15) is 0 Å². The largest absolute Gasteiger partial charge is 0.495 e. The second-order valence-corrected chi connectivity index (χ2v) is 5.89. The van der Waals surface area contributed by atoms with Gasteiger partial charge in [-0.1, -0.05) is 24.6 Å². The fourth-order valence-corrected chi connectivity index (χ4v) is 3.01. The highest BCUT2D eigenvalue weighted by Gasteiger charge is 2.23. The summed E-state index contributed by atoms with van der Waals surface area (Å²) in [6.45, 7) is 5.52. The number of nitrogens with zero attached hydrogens (tertiary/aromatic N) is 1. The molecule has 19 heavy (non-hydrogen) atoms. The summed E-state index contributed by atoms with van der Waals surface area (Å²) < 4.78 is 5.17. The molecule has 2 rings (SSSR count). The molecule has 0 radical (unpaired) electrons. The number of benzene rings is 1. The Morgan fingerprint density at radius 3 is 2.89 bits per heavy atom. The van der Waals surface area contributed by atoms with Gasteiger partial charge in [0.1, 0.15) is 5.75 Å². The highest BCUT2D eigenvalue weighted by Crippen LogP contribution is 2.25. The van der Waals surface area contributed by atoms with Crippen molar-refractivity contribution in [3.8, 4) is 5.75 Å². The predicted molar refractivity (Wildman–Crippen MR) is 79.9 cm³/mol. The number of methoxy groups -OCH3 is 1. The molecule has 1 aromatic carbocycles. The van der Waals surface area contributed by atoms with Crippen LogP contribution in [0, 0.1) is 5.92 Å². The molecule has 106 valence electrons. The molecule has 0 aliphatic carbocycles. The van der Waals surface area contributed by atoms with Gasteiger partial charge in [0.25, 0.3) is 0 Å². The van der Waals surface area contributed by atoms with Crippen molar-refractivity contribution in [2.45, 2.75) is 25.9 Å². The lowest BCUT2D eigenvalue weighted by Crippen LogP contribution is -2.46. The van der Waals surface area contributed by atoms with E-state index < -0.39 is 0 Å². The number of hydrogen-bond acceptors (Lipinski definition) is 3.